The van der Waals surface area contributed by atoms with Crippen molar-refractivity contribution in [1.82, 2.24) is 10.6 Å². The van der Waals surface area contributed by atoms with Gasteiger partial charge in [0.25, 0.3) is 0 Å². The number of carbonyl (C=O) groups excluding carboxylic acids is 2. The minimum absolute atomic E-state index is 0.0149. The molecule has 0 aliphatic carbocycles. The molecule has 1 aromatic rings. The zero-order chi connectivity index (χ0) is 19.1. The first-order valence-electron chi connectivity index (χ1n) is 7.95. The average Bonchev–Trinajstić information content (AvgIpc) is 2.44. The van der Waals surface area contributed by atoms with E-state index in [4.69, 9.17) is 4.74 Å². The fourth-order valence-corrected chi connectivity index (χ4v) is 2.46. The van der Waals surface area contributed by atoms with Crippen molar-refractivity contribution in [2.75, 3.05) is 18.6 Å². The third-order valence-electron chi connectivity index (χ3n) is 3.06. The quantitative estimate of drug-likeness (QED) is 0.753. The third kappa shape index (κ3) is 9.71. The maximum atomic E-state index is 12.4. The molecule has 0 aliphatic heterocycles. The second kappa shape index (κ2) is 8.84. The second-order valence-electron chi connectivity index (χ2n) is 6.81. The maximum Gasteiger partial charge on any atom is 0.408 e. The lowest BCUT2D eigenvalue weighted by Crippen LogP contribution is -2.50. The van der Waals surface area contributed by atoms with Crippen LogP contribution < -0.4 is 10.6 Å². The zero-order valence-electron chi connectivity index (χ0n) is 15.0. The fourth-order valence-electron chi connectivity index (χ4n) is 1.99. The Labute approximate surface area is 149 Å². The van der Waals surface area contributed by atoms with E-state index in [1.165, 1.54) is 0 Å². The lowest BCUT2D eigenvalue weighted by atomic mass is 10.1. The minimum atomic E-state index is -3.18. The predicted octanol–water partition coefficient (Wildman–Crippen LogP) is 1.28. The largest absolute Gasteiger partial charge is 0.444 e. The molecular weight excluding hydrogens is 344 g/mol. The van der Waals surface area contributed by atoms with E-state index < -0.39 is 33.5 Å². The van der Waals surface area contributed by atoms with Gasteiger partial charge in [0.2, 0.25) is 5.91 Å². The van der Waals surface area contributed by atoms with Gasteiger partial charge >= 0.3 is 6.09 Å². The summed E-state index contributed by atoms with van der Waals surface area (Å²) < 4.78 is 27.5. The standard InChI is InChI=1S/C17H26N2O5S/c1-17(2,3)24-16(21)19-14(12-13-8-6-5-7-9-13)15(20)18-10-11-25(4,22)23/h5-9,14H,10-12H2,1-4H3,(H,18,20)(H,19,21). The van der Waals surface area contributed by atoms with E-state index in [0.717, 1.165) is 11.8 Å². The summed E-state index contributed by atoms with van der Waals surface area (Å²) in [5, 5.41) is 5.09. The zero-order valence-corrected chi connectivity index (χ0v) is 15.9. The molecule has 0 aromatic heterocycles. The van der Waals surface area contributed by atoms with Crippen LogP contribution in [-0.2, 0) is 25.8 Å². The fraction of sp³-hybridized carbons (Fsp3) is 0.529. The Morgan fingerprint density at radius 3 is 2.28 bits per heavy atom. The molecule has 25 heavy (non-hydrogen) atoms. The number of benzene rings is 1. The van der Waals surface area contributed by atoms with E-state index >= 15 is 0 Å². The third-order valence-corrected chi connectivity index (χ3v) is 4.01. The second-order valence-corrected chi connectivity index (χ2v) is 9.07. The molecule has 1 aromatic carbocycles. The van der Waals surface area contributed by atoms with Crippen molar-refractivity contribution in [3.8, 4) is 0 Å². The Bertz CT molecular complexity index is 681. The number of carbonyl (C=O) groups is 2. The van der Waals surface area contributed by atoms with Gasteiger partial charge in [-0.25, -0.2) is 13.2 Å². The number of hydrogen-bond donors (Lipinski definition) is 2. The summed E-state index contributed by atoms with van der Waals surface area (Å²) in [5.74, 6) is -0.623. The molecule has 0 spiro atoms. The molecule has 7 nitrogen and oxygen atoms in total. The number of alkyl carbamates (subject to hydrolysis) is 1. The van der Waals surface area contributed by atoms with Crippen LogP contribution in [0.2, 0.25) is 0 Å². The van der Waals surface area contributed by atoms with Crippen molar-refractivity contribution in [2.24, 2.45) is 0 Å². The Balaban J connectivity index is 2.76. The molecule has 0 radical (unpaired) electrons. The summed E-state index contributed by atoms with van der Waals surface area (Å²) in [5.41, 5.74) is 0.176. The van der Waals surface area contributed by atoms with Gasteiger partial charge in [0.15, 0.2) is 0 Å². The number of amides is 2. The van der Waals surface area contributed by atoms with Crippen LogP contribution in [0.25, 0.3) is 0 Å². The van der Waals surface area contributed by atoms with E-state index in [2.05, 4.69) is 10.6 Å². The smallest absolute Gasteiger partial charge is 0.408 e. The van der Waals surface area contributed by atoms with Gasteiger partial charge in [-0.15, -0.1) is 0 Å². The lowest BCUT2D eigenvalue weighted by Gasteiger charge is -2.23. The van der Waals surface area contributed by atoms with Crippen LogP contribution in [0, 0.1) is 0 Å². The van der Waals surface area contributed by atoms with Gasteiger partial charge in [0.05, 0.1) is 5.75 Å². The van der Waals surface area contributed by atoms with Gasteiger partial charge in [-0.1, -0.05) is 30.3 Å². The highest BCUT2D eigenvalue weighted by atomic mass is 32.2. The van der Waals surface area contributed by atoms with Gasteiger partial charge in [-0.05, 0) is 26.3 Å². The van der Waals surface area contributed by atoms with Crippen LogP contribution in [0.5, 0.6) is 0 Å². The summed E-state index contributed by atoms with van der Waals surface area (Å²) in [6, 6.07) is 8.34. The van der Waals surface area contributed by atoms with Crippen LogP contribution in [0.15, 0.2) is 30.3 Å². The van der Waals surface area contributed by atoms with Crippen molar-refractivity contribution in [3.63, 3.8) is 0 Å². The molecule has 0 saturated heterocycles. The summed E-state index contributed by atoms with van der Waals surface area (Å²) in [4.78, 5) is 24.3. The molecule has 2 amide bonds. The molecule has 8 heteroatoms. The summed E-state index contributed by atoms with van der Waals surface area (Å²) in [6.07, 6.45) is 0.663. The molecule has 2 N–H and O–H groups in total. The van der Waals surface area contributed by atoms with Crippen LogP contribution >= 0.6 is 0 Å². The molecule has 0 saturated carbocycles. The Morgan fingerprint density at radius 2 is 1.76 bits per heavy atom. The van der Waals surface area contributed by atoms with Gasteiger partial charge < -0.3 is 15.4 Å². The Kier molecular flexibility index (Phi) is 7.41. The number of sulfone groups is 1. The van der Waals surface area contributed by atoms with Crippen molar-refractivity contribution < 1.29 is 22.7 Å². The molecule has 0 heterocycles. The monoisotopic (exact) mass is 370 g/mol. The van der Waals surface area contributed by atoms with Crippen molar-refractivity contribution in [2.45, 2.75) is 38.8 Å². The maximum absolute atomic E-state index is 12.4. The normalized spacial score (nSPS) is 13.0. The minimum Gasteiger partial charge on any atom is -0.444 e. The number of hydrogen-bond acceptors (Lipinski definition) is 5. The summed E-state index contributed by atoms with van der Waals surface area (Å²) in [7, 11) is -3.18. The molecule has 140 valence electrons. The van der Waals surface area contributed by atoms with Gasteiger partial charge in [0.1, 0.15) is 21.5 Å². The van der Waals surface area contributed by atoms with Crippen LogP contribution in [0.4, 0.5) is 4.79 Å². The van der Waals surface area contributed by atoms with E-state index in [9.17, 15) is 18.0 Å². The van der Waals surface area contributed by atoms with Crippen LogP contribution in [-0.4, -0.2) is 50.6 Å². The molecule has 1 unspecified atom stereocenters. The van der Waals surface area contributed by atoms with E-state index in [1.807, 2.05) is 30.3 Å². The Hall–Kier alpha value is -2.09. The SMILES string of the molecule is CC(C)(C)OC(=O)NC(Cc1ccccc1)C(=O)NCCS(C)(=O)=O. The molecule has 0 aliphatic rings. The highest BCUT2D eigenvalue weighted by Gasteiger charge is 2.24. The Morgan fingerprint density at radius 1 is 1.16 bits per heavy atom. The van der Waals surface area contributed by atoms with E-state index in [0.29, 0.717) is 0 Å². The number of rotatable bonds is 7. The van der Waals surface area contributed by atoms with E-state index in [-0.39, 0.29) is 18.7 Å². The average molecular weight is 370 g/mol. The first kappa shape index (κ1) is 21.0. The van der Waals surface area contributed by atoms with Gasteiger partial charge in [-0.2, -0.15) is 0 Å². The predicted molar refractivity (Wildman–Crippen MR) is 96.0 cm³/mol. The van der Waals surface area contributed by atoms with Gasteiger partial charge in [-0.3, -0.25) is 4.79 Å². The first-order chi connectivity index (χ1) is 11.5. The molecule has 1 atom stereocenters. The number of ether oxygens (including phenoxy) is 1. The highest BCUT2D eigenvalue weighted by molar-refractivity contribution is 7.90. The van der Waals surface area contributed by atoms with Crippen molar-refractivity contribution in [1.29, 1.82) is 0 Å². The summed E-state index contributed by atoms with van der Waals surface area (Å²) in [6.45, 7) is 5.17. The van der Waals surface area contributed by atoms with Crippen molar-refractivity contribution in [3.05, 3.63) is 35.9 Å². The lowest BCUT2D eigenvalue weighted by molar-refractivity contribution is -0.123. The van der Waals surface area contributed by atoms with E-state index in [1.54, 1.807) is 20.8 Å². The van der Waals surface area contributed by atoms with Crippen LogP contribution in [0.3, 0.4) is 0 Å². The van der Waals surface area contributed by atoms with Crippen LogP contribution in [0.1, 0.15) is 26.3 Å². The highest BCUT2D eigenvalue weighted by Crippen LogP contribution is 2.08. The molecule has 0 bridgehead atoms. The molecule has 1 rings (SSSR count). The number of nitrogens with one attached hydrogen (secondary N) is 2. The molecular formula is C17H26N2O5S. The van der Waals surface area contributed by atoms with Gasteiger partial charge in [0, 0.05) is 19.2 Å². The summed E-state index contributed by atoms with van der Waals surface area (Å²) >= 11 is 0. The van der Waals surface area contributed by atoms with Crippen molar-refractivity contribution >= 4 is 21.8 Å². The topological polar surface area (TPSA) is 102 Å². The molecule has 0 fully saturated rings. The first-order valence-corrected chi connectivity index (χ1v) is 10.0.